The van der Waals surface area contributed by atoms with Gasteiger partial charge in [-0.3, -0.25) is 15.1 Å². The minimum Gasteiger partial charge on any atom is -0.495 e. The summed E-state index contributed by atoms with van der Waals surface area (Å²) in [5, 5.41) is 0. The normalized spacial score (nSPS) is 22.5. The molecular formula is C15H19IN4O6S. The maximum absolute atomic E-state index is 13.0. The number of rotatable bonds is 7. The quantitative estimate of drug-likeness (QED) is 0.456. The van der Waals surface area contributed by atoms with Crippen molar-refractivity contribution in [2.24, 2.45) is 0 Å². The van der Waals surface area contributed by atoms with Gasteiger partial charge in [0.25, 0.3) is 10.0 Å². The first kappa shape index (κ1) is 20.1. The Morgan fingerprint density at radius 2 is 2.15 bits per heavy atom. The van der Waals surface area contributed by atoms with Crippen molar-refractivity contribution in [3.05, 3.63) is 21.8 Å². The van der Waals surface area contributed by atoms with E-state index < -0.39 is 27.8 Å². The standard InChI is InChI=1S/C15H19IN4O6S/c1-3-26-15(19-17-14(22)20(15)9-7-8-9)13(21)18-27(23,24)12-10(16)5-4-6-11(12)25-2/h4-6,9,19H,3,7-8H2,1-2H3,(H,17,22)(H,18,21). The third-order valence-corrected chi connectivity index (χ3v) is 6.79. The molecule has 0 radical (unpaired) electrons. The Kier molecular flexibility index (Phi) is 5.52. The van der Waals surface area contributed by atoms with Crippen molar-refractivity contribution in [1.29, 1.82) is 0 Å². The molecule has 1 aliphatic carbocycles. The number of halogens is 1. The number of amides is 3. The lowest BCUT2D eigenvalue weighted by molar-refractivity contribution is -0.173. The van der Waals surface area contributed by atoms with Gasteiger partial charge in [-0.1, -0.05) is 6.07 Å². The van der Waals surface area contributed by atoms with Gasteiger partial charge in [-0.2, -0.15) is 5.43 Å². The highest BCUT2D eigenvalue weighted by Gasteiger charge is 2.58. The molecule has 1 unspecified atom stereocenters. The van der Waals surface area contributed by atoms with E-state index in [4.69, 9.17) is 9.47 Å². The van der Waals surface area contributed by atoms with Crippen LogP contribution in [0.15, 0.2) is 23.1 Å². The van der Waals surface area contributed by atoms with Crippen LogP contribution in [0.4, 0.5) is 4.79 Å². The molecule has 3 rings (SSSR count). The van der Waals surface area contributed by atoms with Crippen molar-refractivity contribution < 1.29 is 27.5 Å². The fraction of sp³-hybridized carbons (Fsp3) is 0.467. The minimum atomic E-state index is -4.29. The molecule has 0 spiro atoms. The van der Waals surface area contributed by atoms with Gasteiger partial charge in [-0.15, -0.1) is 0 Å². The first-order valence-electron chi connectivity index (χ1n) is 8.17. The molecule has 148 valence electrons. The molecule has 1 aromatic rings. The van der Waals surface area contributed by atoms with E-state index in [-0.39, 0.29) is 23.3 Å². The van der Waals surface area contributed by atoms with Crippen LogP contribution < -0.4 is 20.3 Å². The predicted octanol–water partition coefficient (Wildman–Crippen LogP) is 0.487. The zero-order valence-electron chi connectivity index (χ0n) is 14.6. The molecule has 1 saturated carbocycles. The Morgan fingerprint density at radius 1 is 1.44 bits per heavy atom. The Labute approximate surface area is 170 Å². The Morgan fingerprint density at radius 3 is 2.74 bits per heavy atom. The highest BCUT2D eigenvalue weighted by Crippen LogP contribution is 2.35. The third kappa shape index (κ3) is 3.58. The topological polar surface area (TPSA) is 126 Å². The lowest BCUT2D eigenvalue weighted by atomic mass is 10.3. The summed E-state index contributed by atoms with van der Waals surface area (Å²) in [6.07, 6.45) is 1.41. The van der Waals surface area contributed by atoms with E-state index in [1.54, 1.807) is 19.1 Å². The second-order valence-electron chi connectivity index (χ2n) is 5.94. The van der Waals surface area contributed by atoms with Crippen LogP contribution in [0.1, 0.15) is 19.8 Å². The third-order valence-electron chi connectivity index (χ3n) is 4.12. The number of nitrogens with zero attached hydrogens (tertiary/aromatic N) is 1. The van der Waals surface area contributed by atoms with Crippen molar-refractivity contribution in [1.82, 2.24) is 20.5 Å². The van der Waals surface area contributed by atoms with Crippen molar-refractivity contribution in [3.8, 4) is 5.75 Å². The second-order valence-corrected chi connectivity index (χ2v) is 8.72. The molecular weight excluding hydrogens is 491 g/mol. The number of sulfonamides is 1. The molecule has 10 nitrogen and oxygen atoms in total. The van der Waals surface area contributed by atoms with Gasteiger partial charge in [0.15, 0.2) is 0 Å². The molecule has 12 heteroatoms. The first-order valence-corrected chi connectivity index (χ1v) is 10.7. The fourth-order valence-corrected chi connectivity index (χ4v) is 5.42. The lowest BCUT2D eigenvalue weighted by Crippen LogP contribution is -2.65. The zero-order chi connectivity index (χ0) is 19.8. The molecule has 3 N–H and O–H groups in total. The number of carbonyl (C=O) groups is 2. The maximum Gasteiger partial charge on any atom is 0.335 e. The van der Waals surface area contributed by atoms with Gasteiger partial charge in [0.1, 0.15) is 10.6 Å². The molecule has 1 aromatic carbocycles. The van der Waals surface area contributed by atoms with Crippen molar-refractivity contribution >= 4 is 44.6 Å². The summed E-state index contributed by atoms with van der Waals surface area (Å²) in [5.41, 5.74) is 4.84. The van der Waals surface area contributed by atoms with Crippen LogP contribution in [-0.2, 0) is 19.6 Å². The van der Waals surface area contributed by atoms with E-state index in [9.17, 15) is 18.0 Å². The highest BCUT2D eigenvalue weighted by atomic mass is 127. The number of hydrogen-bond donors (Lipinski definition) is 3. The SMILES string of the molecule is CCOC1(C(=O)NS(=O)(=O)c2c(I)cccc2OC)NNC(=O)N1C1CC1. The van der Waals surface area contributed by atoms with Crippen LogP contribution in [0.2, 0.25) is 0 Å². The van der Waals surface area contributed by atoms with E-state index in [0.29, 0.717) is 16.4 Å². The minimum absolute atomic E-state index is 0.0742. The van der Waals surface area contributed by atoms with Crippen LogP contribution in [0.3, 0.4) is 0 Å². The van der Waals surface area contributed by atoms with Gasteiger partial charge in [0.2, 0.25) is 0 Å². The molecule has 1 aliphatic heterocycles. The van der Waals surface area contributed by atoms with Crippen LogP contribution in [-0.4, -0.2) is 50.9 Å². The summed E-state index contributed by atoms with van der Waals surface area (Å²) in [7, 11) is -2.95. The molecule has 3 amide bonds. The average Bonchev–Trinajstić information content (AvgIpc) is 3.38. The van der Waals surface area contributed by atoms with Crippen molar-refractivity contribution in [2.45, 2.75) is 36.6 Å². The predicted molar refractivity (Wildman–Crippen MR) is 102 cm³/mol. The van der Waals surface area contributed by atoms with E-state index in [0.717, 1.165) is 0 Å². The van der Waals surface area contributed by atoms with Gasteiger partial charge >= 0.3 is 17.8 Å². The monoisotopic (exact) mass is 510 g/mol. The number of ether oxygens (including phenoxy) is 2. The molecule has 1 heterocycles. The fourth-order valence-electron chi connectivity index (χ4n) is 2.86. The number of benzene rings is 1. The number of urea groups is 1. The van der Waals surface area contributed by atoms with Crippen LogP contribution in [0, 0.1) is 3.57 Å². The first-order chi connectivity index (χ1) is 12.8. The van der Waals surface area contributed by atoms with Gasteiger partial charge in [0, 0.05) is 16.2 Å². The van der Waals surface area contributed by atoms with E-state index in [1.165, 1.54) is 18.1 Å². The number of hydrazine groups is 1. The zero-order valence-corrected chi connectivity index (χ0v) is 17.6. The Hall–Kier alpha value is -1.64. The Balaban J connectivity index is 1.96. The molecule has 0 aromatic heterocycles. The molecule has 2 aliphatic rings. The van der Waals surface area contributed by atoms with E-state index in [1.807, 2.05) is 27.3 Å². The number of carbonyl (C=O) groups excluding carboxylic acids is 2. The summed E-state index contributed by atoms with van der Waals surface area (Å²) >= 11 is 1.84. The highest BCUT2D eigenvalue weighted by molar-refractivity contribution is 14.1. The summed E-state index contributed by atoms with van der Waals surface area (Å²) in [4.78, 5) is 26.2. The molecule has 0 bridgehead atoms. The van der Waals surface area contributed by atoms with Crippen molar-refractivity contribution in [3.63, 3.8) is 0 Å². The lowest BCUT2D eigenvalue weighted by Gasteiger charge is -2.34. The van der Waals surface area contributed by atoms with E-state index >= 15 is 0 Å². The summed E-state index contributed by atoms with van der Waals surface area (Å²) < 4.78 is 38.8. The number of methoxy groups -OCH3 is 1. The van der Waals surface area contributed by atoms with Gasteiger partial charge < -0.3 is 9.47 Å². The van der Waals surface area contributed by atoms with Gasteiger partial charge in [-0.25, -0.2) is 17.9 Å². The number of hydrogen-bond acceptors (Lipinski definition) is 7. The van der Waals surface area contributed by atoms with Gasteiger partial charge in [0.05, 0.1) is 7.11 Å². The number of nitrogens with one attached hydrogen (secondary N) is 3. The van der Waals surface area contributed by atoms with Crippen LogP contribution >= 0.6 is 22.6 Å². The summed E-state index contributed by atoms with van der Waals surface area (Å²) in [6, 6.07) is 3.95. The molecule has 1 saturated heterocycles. The Bertz CT molecular complexity index is 875. The summed E-state index contributed by atoms with van der Waals surface area (Å²) in [6.45, 7) is 1.72. The van der Waals surface area contributed by atoms with Crippen LogP contribution in [0.25, 0.3) is 0 Å². The van der Waals surface area contributed by atoms with E-state index in [2.05, 4.69) is 10.9 Å². The smallest absolute Gasteiger partial charge is 0.335 e. The van der Waals surface area contributed by atoms with Gasteiger partial charge in [-0.05, 0) is 54.5 Å². The average molecular weight is 510 g/mol. The second kappa shape index (κ2) is 7.41. The molecule has 2 fully saturated rings. The molecule has 27 heavy (non-hydrogen) atoms. The largest absolute Gasteiger partial charge is 0.495 e. The molecule has 1 atom stereocenters. The maximum atomic E-state index is 13.0. The summed E-state index contributed by atoms with van der Waals surface area (Å²) in [5.74, 6) is -2.87. The van der Waals surface area contributed by atoms with Crippen LogP contribution in [0.5, 0.6) is 5.75 Å². The van der Waals surface area contributed by atoms with Crippen molar-refractivity contribution in [2.75, 3.05) is 13.7 Å².